The van der Waals surface area contributed by atoms with Crippen LogP contribution in [0.1, 0.15) is 48.9 Å². The van der Waals surface area contributed by atoms with Crippen molar-refractivity contribution in [3.8, 4) is 0 Å². The van der Waals surface area contributed by atoms with E-state index in [1.54, 1.807) is 0 Å². The van der Waals surface area contributed by atoms with Crippen molar-refractivity contribution in [2.75, 3.05) is 18.1 Å². The molecule has 3 nitrogen and oxygen atoms in total. The van der Waals surface area contributed by atoms with Gasteiger partial charge in [0, 0.05) is 6.04 Å². The van der Waals surface area contributed by atoms with Crippen LogP contribution in [0.25, 0.3) is 0 Å². The minimum atomic E-state index is -2.79. The summed E-state index contributed by atoms with van der Waals surface area (Å²) in [5.74, 6) is 1.03. The second-order valence-electron chi connectivity index (χ2n) is 6.43. The van der Waals surface area contributed by atoms with Gasteiger partial charge in [0.05, 0.1) is 11.5 Å². The van der Waals surface area contributed by atoms with Crippen molar-refractivity contribution in [3.05, 3.63) is 34.9 Å². The fraction of sp³-hybridized carbons (Fsp3) is 0.647. The minimum Gasteiger partial charge on any atom is -0.310 e. The lowest BCUT2D eigenvalue weighted by Crippen LogP contribution is -2.25. The molecule has 4 heteroatoms. The van der Waals surface area contributed by atoms with Gasteiger partial charge in [-0.15, -0.1) is 0 Å². The molecule has 1 aliphatic heterocycles. The van der Waals surface area contributed by atoms with E-state index in [0.29, 0.717) is 17.4 Å². The SMILES string of the molecule is CCCNC(CC1CCS(=O)(=O)C1)c1cc(C)cc(C)c1. The van der Waals surface area contributed by atoms with Crippen molar-refractivity contribution in [3.63, 3.8) is 0 Å². The molecule has 1 fully saturated rings. The molecule has 0 bridgehead atoms. The maximum atomic E-state index is 11.7. The van der Waals surface area contributed by atoms with Crippen LogP contribution in [0, 0.1) is 19.8 Å². The highest BCUT2D eigenvalue weighted by atomic mass is 32.2. The number of hydrogen-bond acceptors (Lipinski definition) is 3. The predicted octanol–water partition coefficient (Wildman–Crippen LogP) is 3.17. The highest BCUT2D eigenvalue weighted by Gasteiger charge is 2.30. The maximum Gasteiger partial charge on any atom is 0.150 e. The van der Waals surface area contributed by atoms with E-state index in [9.17, 15) is 8.42 Å². The topological polar surface area (TPSA) is 46.2 Å². The molecule has 1 aromatic carbocycles. The first kappa shape index (κ1) is 16.5. The second kappa shape index (κ2) is 6.93. The first-order chi connectivity index (χ1) is 9.89. The van der Waals surface area contributed by atoms with Crippen molar-refractivity contribution in [1.82, 2.24) is 5.32 Å². The van der Waals surface area contributed by atoms with Crippen LogP contribution >= 0.6 is 0 Å². The zero-order valence-electron chi connectivity index (χ0n) is 13.4. The number of hydrogen-bond donors (Lipinski definition) is 1. The summed E-state index contributed by atoms with van der Waals surface area (Å²) in [7, 11) is -2.79. The minimum absolute atomic E-state index is 0.266. The molecule has 1 N–H and O–H groups in total. The first-order valence-corrected chi connectivity index (χ1v) is 9.74. The normalized spacial score (nSPS) is 22.3. The van der Waals surface area contributed by atoms with Crippen LogP contribution in [0.3, 0.4) is 0 Å². The average Bonchev–Trinajstić information content (AvgIpc) is 2.72. The van der Waals surface area contributed by atoms with Crippen LogP contribution in [0.5, 0.6) is 0 Å². The van der Waals surface area contributed by atoms with E-state index in [0.717, 1.165) is 25.8 Å². The van der Waals surface area contributed by atoms with Crippen LogP contribution in [0.2, 0.25) is 0 Å². The van der Waals surface area contributed by atoms with Gasteiger partial charge in [-0.25, -0.2) is 8.42 Å². The number of rotatable bonds is 6. The highest BCUT2D eigenvalue weighted by Crippen LogP contribution is 2.30. The monoisotopic (exact) mass is 309 g/mol. The van der Waals surface area contributed by atoms with Gasteiger partial charge < -0.3 is 5.32 Å². The first-order valence-electron chi connectivity index (χ1n) is 7.91. The van der Waals surface area contributed by atoms with Gasteiger partial charge in [0.2, 0.25) is 0 Å². The third-order valence-electron chi connectivity index (χ3n) is 4.18. The van der Waals surface area contributed by atoms with Gasteiger partial charge in [-0.1, -0.05) is 36.2 Å². The van der Waals surface area contributed by atoms with Gasteiger partial charge in [-0.3, -0.25) is 0 Å². The van der Waals surface area contributed by atoms with E-state index >= 15 is 0 Å². The van der Waals surface area contributed by atoms with Gasteiger partial charge in [0.1, 0.15) is 0 Å². The molecule has 0 aromatic heterocycles. The lowest BCUT2D eigenvalue weighted by Gasteiger charge is -2.23. The van der Waals surface area contributed by atoms with Crippen LogP contribution < -0.4 is 5.32 Å². The average molecular weight is 309 g/mol. The summed E-state index contributed by atoms with van der Waals surface area (Å²) in [5, 5.41) is 3.60. The fourth-order valence-corrected chi connectivity index (χ4v) is 5.14. The summed E-state index contributed by atoms with van der Waals surface area (Å²) in [5.41, 5.74) is 3.84. The van der Waals surface area contributed by atoms with Gasteiger partial charge in [-0.2, -0.15) is 0 Å². The Morgan fingerprint density at radius 2 is 1.90 bits per heavy atom. The van der Waals surface area contributed by atoms with E-state index in [1.165, 1.54) is 16.7 Å². The second-order valence-corrected chi connectivity index (χ2v) is 8.66. The molecule has 2 rings (SSSR count). The molecule has 1 aromatic rings. The summed E-state index contributed by atoms with van der Waals surface area (Å²) in [6.07, 6.45) is 2.82. The molecule has 1 saturated heterocycles. The molecule has 2 unspecified atom stereocenters. The Labute approximate surface area is 129 Å². The predicted molar refractivity (Wildman–Crippen MR) is 88.3 cm³/mol. The van der Waals surface area contributed by atoms with Crippen LogP contribution in [-0.4, -0.2) is 26.5 Å². The van der Waals surface area contributed by atoms with Crippen molar-refractivity contribution in [1.29, 1.82) is 0 Å². The summed E-state index contributed by atoms with van der Waals surface area (Å²) in [6, 6.07) is 6.90. The number of benzene rings is 1. The van der Waals surface area contributed by atoms with Crippen LogP contribution in [0.4, 0.5) is 0 Å². The Balaban J connectivity index is 2.14. The molecule has 0 radical (unpaired) electrons. The Morgan fingerprint density at radius 1 is 1.24 bits per heavy atom. The Morgan fingerprint density at radius 3 is 2.43 bits per heavy atom. The van der Waals surface area contributed by atoms with Crippen molar-refractivity contribution >= 4 is 9.84 Å². The van der Waals surface area contributed by atoms with Crippen molar-refractivity contribution < 1.29 is 8.42 Å². The molecule has 0 saturated carbocycles. The Bertz CT molecular complexity index is 560. The Hall–Kier alpha value is -0.870. The van der Waals surface area contributed by atoms with Crippen molar-refractivity contribution in [2.45, 2.75) is 46.1 Å². The summed E-state index contributed by atoms with van der Waals surface area (Å²) >= 11 is 0. The fourth-order valence-electron chi connectivity index (χ4n) is 3.26. The lowest BCUT2D eigenvalue weighted by atomic mass is 9.92. The quantitative estimate of drug-likeness (QED) is 0.878. The zero-order valence-corrected chi connectivity index (χ0v) is 14.2. The van der Waals surface area contributed by atoms with Crippen molar-refractivity contribution in [2.24, 2.45) is 5.92 Å². The summed E-state index contributed by atoms with van der Waals surface area (Å²) in [6.45, 7) is 7.36. The molecule has 2 atom stereocenters. The van der Waals surface area contributed by atoms with E-state index in [-0.39, 0.29) is 6.04 Å². The molecule has 1 aliphatic rings. The van der Waals surface area contributed by atoms with E-state index in [4.69, 9.17) is 0 Å². The molecule has 0 amide bonds. The smallest absolute Gasteiger partial charge is 0.150 e. The molecule has 1 heterocycles. The third-order valence-corrected chi connectivity index (χ3v) is 6.02. The van der Waals surface area contributed by atoms with E-state index in [1.807, 2.05) is 0 Å². The summed E-state index contributed by atoms with van der Waals surface area (Å²) in [4.78, 5) is 0. The summed E-state index contributed by atoms with van der Waals surface area (Å²) < 4.78 is 23.3. The maximum absolute atomic E-state index is 11.7. The molecule has 0 aliphatic carbocycles. The van der Waals surface area contributed by atoms with Gasteiger partial charge >= 0.3 is 0 Å². The number of sulfone groups is 1. The molecular formula is C17H27NO2S. The largest absolute Gasteiger partial charge is 0.310 e. The molecule has 21 heavy (non-hydrogen) atoms. The van der Waals surface area contributed by atoms with Gasteiger partial charge in [0.15, 0.2) is 9.84 Å². The van der Waals surface area contributed by atoms with Crippen LogP contribution in [-0.2, 0) is 9.84 Å². The van der Waals surface area contributed by atoms with Gasteiger partial charge in [0.25, 0.3) is 0 Å². The molecular weight excluding hydrogens is 282 g/mol. The number of nitrogens with one attached hydrogen (secondary N) is 1. The molecule has 118 valence electrons. The zero-order chi connectivity index (χ0) is 15.5. The lowest BCUT2D eigenvalue weighted by molar-refractivity contribution is 0.414. The Kier molecular flexibility index (Phi) is 5.44. The highest BCUT2D eigenvalue weighted by molar-refractivity contribution is 7.91. The third kappa shape index (κ3) is 4.82. The van der Waals surface area contributed by atoms with Gasteiger partial charge in [-0.05, 0) is 51.1 Å². The van der Waals surface area contributed by atoms with Crippen LogP contribution in [0.15, 0.2) is 18.2 Å². The standard InChI is InChI=1S/C17H27NO2S/c1-4-6-18-17(11-15-5-7-21(19,20)12-15)16-9-13(2)8-14(3)10-16/h8-10,15,17-18H,4-7,11-12H2,1-3H3. The molecule has 0 spiro atoms. The van der Waals surface area contributed by atoms with E-state index < -0.39 is 9.84 Å². The number of aryl methyl sites for hydroxylation is 2. The van der Waals surface area contributed by atoms with E-state index in [2.05, 4.69) is 44.3 Å².